The number of carbonyl (C=O) groups excluding carboxylic acids is 1. The Morgan fingerprint density at radius 3 is 2.81 bits per heavy atom. The number of rotatable bonds is 2. The molecule has 0 radical (unpaired) electrons. The van der Waals surface area contributed by atoms with Gasteiger partial charge in [-0.1, -0.05) is 12.1 Å². The van der Waals surface area contributed by atoms with Crippen molar-refractivity contribution < 1.29 is 4.79 Å². The number of halogens is 1. The summed E-state index contributed by atoms with van der Waals surface area (Å²) in [5.74, 6) is -0.176. The maximum atomic E-state index is 12.4. The molecule has 4 nitrogen and oxygen atoms in total. The zero-order valence-electron chi connectivity index (χ0n) is 11.0. The van der Waals surface area contributed by atoms with E-state index in [4.69, 9.17) is 5.73 Å². The highest BCUT2D eigenvalue weighted by Crippen LogP contribution is 2.24. The normalized spacial score (nSPS) is 10.5. The molecule has 2 aromatic carbocycles. The minimum atomic E-state index is -0.176. The summed E-state index contributed by atoms with van der Waals surface area (Å²) >= 11 is 3.35. The summed E-state index contributed by atoms with van der Waals surface area (Å²) in [6.45, 7) is 0. The van der Waals surface area contributed by atoms with Crippen molar-refractivity contribution in [3.8, 4) is 0 Å². The van der Waals surface area contributed by atoms with Gasteiger partial charge in [-0.2, -0.15) is 0 Å². The molecule has 0 saturated heterocycles. The first-order valence-electron chi connectivity index (χ1n) is 6.35. The summed E-state index contributed by atoms with van der Waals surface area (Å²) in [6.07, 6.45) is 1.71. The number of fused-ring (bicyclic) bond motifs is 1. The molecule has 0 spiro atoms. The average molecular weight is 342 g/mol. The van der Waals surface area contributed by atoms with E-state index < -0.39 is 0 Å². The Kier molecular flexibility index (Phi) is 3.58. The molecular formula is C16H12BrN3O. The van der Waals surface area contributed by atoms with Crippen molar-refractivity contribution in [1.29, 1.82) is 0 Å². The van der Waals surface area contributed by atoms with Gasteiger partial charge in [-0.05, 0) is 52.3 Å². The standard InChI is InChI=1S/C16H12BrN3O/c17-13-9-10(6-7-14(13)18)20-16(21)12-3-1-5-15-11(12)4-2-8-19-15/h1-9H,18H2,(H,20,21). The number of nitrogens with zero attached hydrogens (tertiary/aromatic N) is 1. The van der Waals surface area contributed by atoms with Crippen LogP contribution in [-0.2, 0) is 0 Å². The minimum absolute atomic E-state index is 0.176. The third-order valence-electron chi connectivity index (χ3n) is 3.15. The molecule has 0 atom stereocenters. The predicted octanol–water partition coefficient (Wildman–Crippen LogP) is 3.83. The smallest absolute Gasteiger partial charge is 0.256 e. The molecule has 0 fully saturated rings. The molecule has 3 rings (SSSR count). The van der Waals surface area contributed by atoms with Gasteiger partial charge in [-0.15, -0.1) is 0 Å². The summed E-state index contributed by atoms with van der Waals surface area (Å²) < 4.78 is 0.750. The number of amides is 1. The molecule has 21 heavy (non-hydrogen) atoms. The van der Waals surface area contributed by atoms with Crippen LogP contribution in [0.3, 0.4) is 0 Å². The van der Waals surface area contributed by atoms with E-state index in [9.17, 15) is 4.79 Å². The van der Waals surface area contributed by atoms with Gasteiger partial charge < -0.3 is 11.1 Å². The van der Waals surface area contributed by atoms with Gasteiger partial charge in [-0.3, -0.25) is 9.78 Å². The number of nitrogens with one attached hydrogen (secondary N) is 1. The van der Waals surface area contributed by atoms with Crippen LogP contribution in [0.25, 0.3) is 10.9 Å². The maximum Gasteiger partial charge on any atom is 0.256 e. The van der Waals surface area contributed by atoms with Gasteiger partial charge in [0.2, 0.25) is 0 Å². The van der Waals surface area contributed by atoms with Crippen molar-refractivity contribution in [3.63, 3.8) is 0 Å². The second-order valence-corrected chi connectivity index (χ2v) is 5.42. The second kappa shape index (κ2) is 5.54. The fourth-order valence-corrected chi connectivity index (χ4v) is 2.48. The molecule has 0 unspecified atom stereocenters. The van der Waals surface area contributed by atoms with Gasteiger partial charge in [0, 0.05) is 33.0 Å². The van der Waals surface area contributed by atoms with Crippen LogP contribution in [0.15, 0.2) is 59.2 Å². The number of hydrogen-bond acceptors (Lipinski definition) is 3. The lowest BCUT2D eigenvalue weighted by molar-refractivity contribution is 0.102. The first-order chi connectivity index (χ1) is 10.1. The average Bonchev–Trinajstić information content (AvgIpc) is 2.50. The van der Waals surface area contributed by atoms with Gasteiger partial charge in [0.05, 0.1) is 5.52 Å². The topological polar surface area (TPSA) is 68.0 Å². The Morgan fingerprint density at radius 1 is 1.14 bits per heavy atom. The summed E-state index contributed by atoms with van der Waals surface area (Å²) in [4.78, 5) is 16.7. The van der Waals surface area contributed by atoms with E-state index >= 15 is 0 Å². The van der Waals surface area contributed by atoms with Gasteiger partial charge in [0.25, 0.3) is 5.91 Å². The molecule has 3 aromatic rings. The molecule has 1 aromatic heterocycles. The second-order valence-electron chi connectivity index (χ2n) is 4.57. The molecule has 0 aliphatic heterocycles. The minimum Gasteiger partial charge on any atom is -0.398 e. The molecule has 1 heterocycles. The zero-order chi connectivity index (χ0) is 14.8. The van der Waals surface area contributed by atoms with Crippen molar-refractivity contribution in [3.05, 3.63) is 64.8 Å². The molecule has 5 heteroatoms. The summed E-state index contributed by atoms with van der Waals surface area (Å²) in [5.41, 5.74) is 8.43. The van der Waals surface area contributed by atoms with Crippen LogP contribution in [-0.4, -0.2) is 10.9 Å². The first-order valence-corrected chi connectivity index (χ1v) is 7.14. The predicted molar refractivity (Wildman–Crippen MR) is 88.3 cm³/mol. The van der Waals surface area contributed by atoms with Crippen molar-refractivity contribution >= 4 is 44.1 Å². The van der Waals surface area contributed by atoms with Crippen LogP contribution in [0, 0.1) is 0 Å². The quantitative estimate of drug-likeness (QED) is 0.696. The SMILES string of the molecule is Nc1ccc(NC(=O)c2cccc3ncccc23)cc1Br. The van der Waals surface area contributed by atoms with Gasteiger partial charge in [0.15, 0.2) is 0 Å². The van der Waals surface area contributed by atoms with Crippen molar-refractivity contribution in [2.45, 2.75) is 0 Å². The largest absolute Gasteiger partial charge is 0.398 e. The Bertz CT molecular complexity index is 827. The Labute approximate surface area is 130 Å². The molecule has 1 amide bonds. The van der Waals surface area contributed by atoms with Crippen LogP contribution >= 0.6 is 15.9 Å². The summed E-state index contributed by atoms with van der Waals surface area (Å²) in [6, 6.07) is 14.5. The molecule has 104 valence electrons. The molecular weight excluding hydrogens is 330 g/mol. The van der Waals surface area contributed by atoms with E-state index in [2.05, 4.69) is 26.2 Å². The molecule has 3 N–H and O–H groups in total. The maximum absolute atomic E-state index is 12.4. The molecule has 0 aliphatic rings. The van der Waals surface area contributed by atoms with Crippen LogP contribution in [0.4, 0.5) is 11.4 Å². The fourth-order valence-electron chi connectivity index (χ4n) is 2.10. The van der Waals surface area contributed by atoms with Gasteiger partial charge in [-0.25, -0.2) is 0 Å². The van der Waals surface area contributed by atoms with Crippen LogP contribution in [0.2, 0.25) is 0 Å². The Morgan fingerprint density at radius 2 is 2.00 bits per heavy atom. The van der Waals surface area contributed by atoms with Crippen LogP contribution < -0.4 is 11.1 Å². The number of aromatic nitrogens is 1. The van der Waals surface area contributed by atoms with E-state index in [1.165, 1.54) is 0 Å². The molecule has 0 aliphatic carbocycles. The van der Waals surface area contributed by atoms with E-state index in [-0.39, 0.29) is 5.91 Å². The number of carbonyl (C=O) groups is 1. The molecule has 0 bridgehead atoms. The monoisotopic (exact) mass is 341 g/mol. The number of nitrogen functional groups attached to an aromatic ring is 1. The highest BCUT2D eigenvalue weighted by molar-refractivity contribution is 9.10. The lowest BCUT2D eigenvalue weighted by Crippen LogP contribution is -2.12. The third-order valence-corrected chi connectivity index (χ3v) is 3.84. The van der Waals surface area contributed by atoms with E-state index in [0.29, 0.717) is 16.9 Å². The Hall–Kier alpha value is -2.40. The van der Waals surface area contributed by atoms with Crippen LogP contribution in [0.5, 0.6) is 0 Å². The van der Waals surface area contributed by atoms with Crippen molar-refractivity contribution in [2.75, 3.05) is 11.1 Å². The number of benzene rings is 2. The van der Waals surface area contributed by atoms with Crippen LogP contribution in [0.1, 0.15) is 10.4 Å². The zero-order valence-corrected chi connectivity index (χ0v) is 12.6. The fraction of sp³-hybridized carbons (Fsp3) is 0. The number of nitrogens with two attached hydrogens (primary N) is 1. The Balaban J connectivity index is 1.95. The van der Waals surface area contributed by atoms with E-state index in [1.807, 2.05) is 24.3 Å². The number of anilines is 2. The molecule has 0 saturated carbocycles. The van der Waals surface area contributed by atoms with E-state index in [0.717, 1.165) is 15.4 Å². The van der Waals surface area contributed by atoms with Gasteiger partial charge >= 0.3 is 0 Å². The number of pyridine rings is 1. The summed E-state index contributed by atoms with van der Waals surface area (Å²) in [7, 11) is 0. The van der Waals surface area contributed by atoms with Crippen molar-refractivity contribution in [1.82, 2.24) is 4.98 Å². The number of hydrogen-bond donors (Lipinski definition) is 2. The van der Waals surface area contributed by atoms with E-state index in [1.54, 1.807) is 30.5 Å². The van der Waals surface area contributed by atoms with Crippen molar-refractivity contribution in [2.24, 2.45) is 0 Å². The van der Waals surface area contributed by atoms with Gasteiger partial charge in [0.1, 0.15) is 0 Å². The summed E-state index contributed by atoms with van der Waals surface area (Å²) in [5, 5.41) is 3.69. The first kappa shape index (κ1) is 13.6. The lowest BCUT2D eigenvalue weighted by atomic mass is 10.1. The third kappa shape index (κ3) is 2.73. The lowest BCUT2D eigenvalue weighted by Gasteiger charge is -2.09. The highest BCUT2D eigenvalue weighted by Gasteiger charge is 2.10. The highest BCUT2D eigenvalue weighted by atomic mass is 79.9.